The van der Waals surface area contributed by atoms with Gasteiger partial charge in [0.05, 0.1) is 11.9 Å². The maximum absolute atomic E-state index is 13.3. The number of nitrogens with zero attached hydrogens (tertiary/aromatic N) is 2. The van der Waals surface area contributed by atoms with Crippen LogP contribution in [0.4, 0.5) is 0 Å². The Hall–Kier alpha value is -3.05. The highest BCUT2D eigenvalue weighted by molar-refractivity contribution is 7.17. The third-order valence-electron chi connectivity index (χ3n) is 5.10. The average molecular weight is 388 g/mol. The molecule has 0 N–H and O–H groups in total. The topological polar surface area (TPSA) is 52.0 Å². The van der Waals surface area contributed by atoms with E-state index in [9.17, 15) is 9.59 Å². The molecule has 0 amide bonds. The predicted molar refractivity (Wildman–Crippen MR) is 114 cm³/mol. The molecular formula is C23H20N2O2S. The molecule has 2 heterocycles. The van der Waals surface area contributed by atoms with Gasteiger partial charge in [0.1, 0.15) is 10.7 Å². The highest BCUT2D eigenvalue weighted by atomic mass is 32.1. The lowest BCUT2D eigenvalue weighted by atomic mass is 10.0. The fourth-order valence-electron chi connectivity index (χ4n) is 3.29. The average Bonchev–Trinajstić information content (AvgIpc) is 3.11. The molecule has 4 nitrogen and oxygen atoms in total. The van der Waals surface area contributed by atoms with Crippen LogP contribution in [0.3, 0.4) is 0 Å². The third-order valence-corrected chi connectivity index (χ3v) is 5.97. The first-order valence-corrected chi connectivity index (χ1v) is 9.98. The van der Waals surface area contributed by atoms with Gasteiger partial charge >= 0.3 is 0 Å². The van der Waals surface area contributed by atoms with Crippen LogP contribution in [0.2, 0.25) is 0 Å². The molecule has 4 aromatic rings. The minimum Gasteiger partial charge on any atom is -0.292 e. The number of carbonyl (C=O) groups is 1. The molecule has 140 valence electrons. The third kappa shape index (κ3) is 3.18. The van der Waals surface area contributed by atoms with Gasteiger partial charge in [-0.15, -0.1) is 11.3 Å². The number of aryl methyl sites for hydroxylation is 3. The van der Waals surface area contributed by atoms with Crippen molar-refractivity contribution in [3.05, 3.63) is 86.8 Å². The van der Waals surface area contributed by atoms with Gasteiger partial charge in [-0.3, -0.25) is 14.2 Å². The lowest BCUT2D eigenvalue weighted by Gasteiger charge is -2.10. The number of Topliss-reactive ketones (excluding diaryl/α,β-unsaturated/α-hetero) is 1. The molecule has 28 heavy (non-hydrogen) atoms. The van der Waals surface area contributed by atoms with E-state index in [1.807, 2.05) is 67.8 Å². The first kappa shape index (κ1) is 18.3. The molecule has 5 heteroatoms. The van der Waals surface area contributed by atoms with Gasteiger partial charge in [0, 0.05) is 16.5 Å². The summed E-state index contributed by atoms with van der Waals surface area (Å²) in [6.07, 6.45) is 0. The van der Waals surface area contributed by atoms with Crippen molar-refractivity contribution in [1.29, 1.82) is 0 Å². The molecule has 0 fully saturated rings. The number of benzene rings is 2. The lowest BCUT2D eigenvalue weighted by Crippen LogP contribution is -2.27. The molecule has 0 saturated carbocycles. The van der Waals surface area contributed by atoms with Gasteiger partial charge in [0.25, 0.3) is 5.56 Å². The Balaban J connectivity index is 1.80. The maximum Gasteiger partial charge on any atom is 0.263 e. The minimum atomic E-state index is -0.167. The van der Waals surface area contributed by atoms with Crippen LogP contribution >= 0.6 is 11.3 Å². The summed E-state index contributed by atoms with van der Waals surface area (Å²) in [5.74, 6) is 0.460. The molecule has 2 aromatic carbocycles. The Morgan fingerprint density at radius 3 is 2.50 bits per heavy atom. The van der Waals surface area contributed by atoms with Crippen LogP contribution in [0.5, 0.6) is 0 Å². The monoisotopic (exact) mass is 388 g/mol. The molecule has 0 radical (unpaired) electrons. The van der Waals surface area contributed by atoms with Crippen molar-refractivity contribution in [2.24, 2.45) is 0 Å². The zero-order valence-corrected chi connectivity index (χ0v) is 16.8. The van der Waals surface area contributed by atoms with Gasteiger partial charge in [-0.1, -0.05) is 42.5 Å². The van der Waals surface area contributed by atoms with Crippen molar-refractivity contribution >= 4 is 27.3 Å². The highest BCUT2D eigenvalue weighted by Gasteiger charge is 2.17. The Morgan fingerprint density at radius 1 is 1.04 bits per heavy atom. The van der Waals surface area contributed by atoms with Crippen molar-refractivity contribution in [2.75, 3.05) is 0 Å². The molecular weight excluding hydrogens is 368 g/mol. The fraction of sp³-hybridized carbons (Fsp3) is 0.174. The summed E-state index contributed by atoms with van der Waals surface area (Å²) >= 11 is 1.46. The number of hydrogen-bond acceptors (Lipinski definition) is 4. The van der Waals surface area contributed by atoms with Crippen LogP contribution in [0, 0.1) is 20.8 Å². The number of fused-ring (bicyclic) bond motifs is 1. The predicted octanol–water partition coefficient (Wildman–Crippen LogP) is 4.93. The SMILES string of the molecule is Cc1ccc(C(=O)Cn2c(C)nc3scc(-c4ccccc4)c3c2=O)cc1C. The van der Waals surface area contributed by atoms with Crippen LogP contribution in [0.15, 0.2) is 58.7 Å². The van der Waals surface area contributed by atoms with Crippen molar-refractivity contribution < 1.29 is 4.79 Å². The first-order valence-electron chi connectivity index (χ1n) is 9.10. The fourth-order valence-corrected chi connectivity index (χ4v) is 4.28. The van der Waals surface area contributed by atoms with E-state index in [2.05, 4.69) is 4.98 Å². The summed E-state index contributed by atoms with van der Waals surface area (Å²) in [7, 11) is 0. The van der Waals surface area contributed by atoms with E-state index in [1.54, 1.807) is 6.92 Å². The molecule has 0 bridgehead atoms. The van der Waals surface area contributed by atoms with E-state index in [1.165, 1.54) is 15.9 Å². The summed E-state index contributed by atoms with van der Waals surface area (Å²) < 4.78 is 1.49. The molecule has 0 atom stereocenters. The molecule has 0 spiro atoms. The summed E-state index contributed by atoms with van der Waals surface area (Å²) in [5, 5.41) is 2.54. The van der Waals surface area contributed by atoms with Crippen LogP contribution in [-0.2, 0) is 6.54 Å². The van der Waals surface area contributed by atoms with E-state index >= 15 is 0 Å². The van der Waals surface area contributed by atoms with Crippen LogP contribution < -0.4 is 5.56 Å². The summed E-state index contributed by atoms with van der Waals surface area (Å²) in [5.41, 5.74) is 4.49. The number of rotatable bonds is 4. The Bertz CT molecular complexity index is 1250. The number of thiophene rings is 1. The second kappa shape index (κ2) is 7.17. The van der Waals surface area contributed by atoms with Gasteiger partial charge < -0.3 is 0 Å². The minimum absolute atomic E-state index is 0.0137. The smallest absolute Gasteiger partial charge is 0.263 e. The van der Waals surface area contributed by atoms with Crippen LogP contribution in [0.25, 0.3) is 21.3 Å². The molecule has 0 saturated heterocycles. The molecule has 0 unspecified atom stereocenters. The molecule has 0 aliphatic carbocycles. The largest absolute Gasteiger partial charge is 0.292 e. The van der Waals surface area contributed by atoms with Crippen LogP contribution in [-0.4, -0.2) is 15.3 Å². The quantitative estimate of drug-likeness (QED) is 0.466. The Kier molecular flexibility index (Phi) is 4.69. The Labute approximate surface area is 167 Å². The van der Waals surface area contributed by atoms with E-state index in [0.717, 1.165) is 22.3 Å². The number of carbonyl (C=O) groups excluding carboxylic acids is 1. The van der Waals surface area contributed by atoms with Gasteiger partial charge in [-0.2, -0.15) is 0 Å². The molecule has 4 rings (SSSR count). The number of hydrogen-bond donors (Lipinski definition) is 0. The van der Waals surface area contributed by atoms with E-state index in [-0.39, 0.29) is 17.9 Å². The summed E-state index contributed by atoms with van der Waals surface area (Å²) in [6, 6.07) is 15.4. The highest BCUT2D eigenvalue weighted by Crippen LogP contribution is 2.30. The summed E-state index contributed by atoms with van der Waals surface area (Å²) in [6.45, 7) is 5.75. The standard InChI is InChI=1S/C23H20N2O2S/c1-14-9-10-18(11-15(14)2)20(26)12-25-16(3)24-22-21(23(25)27)19(13-28-22)17-7-5-4-6-8-17/h4-11,13H,12H2,1-3H3. The molecule has 2 aromatic heterocycles. The van der Waals surface area contributed by atoms with Crippen molar-refractivity contribution in [1.82, 2.24) is 9.55 Å². The zero-order valence-electron chi connectivity index (χ0n) is 16.0. The number of aromatic nitrogens is 2. The van der Waals surface area contributed by atoms with Gasteiger partial charge in [-0.05, 0) is 43.5 Å². The van der Waals surface area contributed by atoms with Gasteiger partial charge in [0.15, 0.2) is 5.78 Å². The van der Waals surface area contributed by atoms with Crippen molar-refractivity contribution in [3.63, 3.8) is 0 Å². The van der Waals surface area contributed by atoms with Crippen molar-refractivity contribution in [3.8, 4) is 11.1 Å². The normalized spacial score (nSPS) is 11.1. The molecule has 0 aliphatic rings. The zero-order chi connectivity index (χ0) is 19.8. The van der Waals surface area contributed by atoms with E-state index in [0.29, 0.717) is 21.6 Å². The van der Waals surface area contributed by atoms with Crippen LogP contribution in [0.1, 0.15) is 27.3 Å². The Morgan fingerprint density at radius 2 is 1.79 bits per heavy atom. The second-order valence-corrected chi connectivity index (χ2v) is 7.83. The van der Waals surface area contributed by atoms with Gasteiger partial charge in [-0.25, -0.2) is 4.98 Å². The molecule has 0 aliphatic heterocycles. The van der Waals surface area contributed by atoms with Crippen molar-refractivity contribution in [2.45, 2.75) is 27.3 Å². The summed E-state index contributed by atoms with van der Waals surface area (Å²) in [4.78, 5) is 31.4. The first-order chi connectivity index (χ1) is 13.5. The second-order valence-electron chi connectivity index (χ2n) is 6.97. The lowest BCUT2D eigenvalue weighted by molar-refractivity contribution is 0.0969. The number of ketones is 1. The van der Waals surface area contributed by atoms with E-state index in [4.69, 9.17) is 0 Å². The van der Waals surface area contributed by atoms with Gasteiger partial charge in [0.2, 0.25) is 0 Å². The van der Waals surface area contributed by atoms with E-state index < -0.39 is 0 Å². The maximum atomic E-state index is 13.3.